The summed E-state index contributed by atoms with van der Waals surface area (Å²) in [5.41, 5.74) is 3.07. The molecule has 0 saturated carbocycles. The maximum atomic E-state index is 13.2. The second kappa shape index (κ2) is 9.53. The van der Waals surface area contributed by atoms with Crippen LogP contribution in [0.15, 0.2) is 29.3 Å². The van der Waals surface area contributed by atoms with Crippen LogP contribution in [-0.4, -0.2) is 50.6 Å². The van der Waals surface area contributed by atoms with E-state index in [1.54, 1.807) is 0 Å². The van der Waals surface area contributed by atoms with E-state index in [9.17, 15) is 14.4 Å². The van der Waals surface area contributed by atoms with Crippen LogP contribution in [0.3, 0.4) is 0 Å². The Bertz CT molecular complexity index is 1090. The lowest BCUT2D eigenvalue weighted by Gasteiger charge is -2.33. The van der Waals surface area contributed by atoms with Crippen molar-refractivity contribution in [2.24, 2.45) is 0 Å². The van der Waals surface area contributed by atoms with E-state index in [0.717, 1.165) is 60.5 Å². The first-order chi connectivity index (χ1) is 15.4. The summed E-state index contributed by atoms with van der Waals surface area (Å²) in [6, 6.07) is 6.40. The van der Waals surface area contributed by atoms with Crippen molar-refractivity contribution in [3.05, 3.63) is 40.4 Å². The van der Waals surface area contributed by atoms with Gasteiger partial charge in [0.1, 0.15) is 6.54 Å². The minimum atomic E-state index is -0.229. The van der Waals surface area contributed by atoms with Crippen LogP contribution in [0, 0.1) is 0 Å². The van der Waals surface area contributed by atoms with E-state index in [1.165, 1.54) is 16.9 Å². The number of amides is 3. The maximum absolute atomic E-state index is 13.2. The van der Waals surface area contributed by atoms with Gasteiger partial charge in [-0.15, -0.1) is 0 Å². The fourth-order valence-corrected chi connectivity index (χ4v) is 5.61. The number of hydrogen-bond donors (Lipinski definition) is 0. The molecule has 0 radical (unpaired) electrons. The molecule has 1 atom stereocenters. The quantitative estimate of drug-likeness (QED) is 0.574. The number of aromatic nitrogens is 1. The van der Waals surface area contributed by atoms with Crippen LogP contribution in [-0.2, 0) is 22.6 Å². The third-order valence-corrected chi connectivity index (χ3v) is 7.34. The Morgan fingerprint density at radius 2 is 2.03 bits per heavy atom. The smallest absolute Gasteiger partial charge is 0.293 e. The van der Waals surface area contributed by atoms with E-state index in [2.05, 4.69) is 19.9 Å². The molecule has 1 aromatic heterocycles. The number of imide groups is 1. The minimum Gasteiger partial charge on any atom is -0.338 e. The number of likely N-dealkylation sites (tertiary alicyclic amines) is 1. The number of aryl methyl sites for hydroxylation is 1. The highest BCUT2D eigenvalue weighted by atomic mass is 32.2. The number of hydrogen-bond acceptors (Lipinski definition) is 4. The second-order valence-corrected chi connectivity index (χ2v) is 9.64. The highest BCUT2D eigenvalue weighted by Crippen LogP contribution is 2.35. The molecule has 2 aliphatic heterocycles. The molecule has 6 nitrogen and oxygen atoms in total. The number of thioether (sulfide) groups is 1. The zero-order valence-corrected chi connectivity index (χ0v) is 19.9. The summed E-state index contributed by atoms with van der Waals surface area (Å²) in [6.07, 6.45) is 8.65. The van der Waals surface area contributed by atoms with Crippen molar-refractivity contribution >= 4 is 45.8 Å². The number of piperidine rings is 1. The Balaban J connectivity index is 1.71. The Labute approximate surface area is 193 Å². The molecule has 0 bridgehead atoms. The van der Waals surface area contributed by atoms with Gasteiger partial charge in [-0.1, -0.05) is 32.0 Å². The molecule has 170 valence electrons. The van der Waals surface area contributed by atoms with Crippen LogP contribution in [0.1, 0.15) is 57.6 Å². The SMILES string of the molecule is CCCN1C(=O)S/C(=C\c2cn(CC(=O)N3CCCC[C@H]3C)c3c(CC)cccc23)C1=O. The van der Waals surface area contributed by atoms with E-state index in [1.807, 2.05) is 40.8 Å². The van der Waals surface area contributed by atoms with Crippen molar-refractivity contribution in [2.45, 2.75) is 65.5 Å². The Kier molecular flexibility index (Phi) is 6.74. The Morgan fingerprint density at radius 1 is 1.22 bits per heavy atom. The van der Waals surface area contributed by atoms with Gasteiger partial charge < -0.3 is 9.47 Å². The van der Waals surface area contributed by atoms with Gasteiger partial charge in [0.2, 0.25) is 5.91 Å². The van der Waals surface area contributed by atoms with Crippen molar-refractivity contribution in [1.29, 1.82) is 0 Å². The molecule has 0 N–H and O–H groups in total. The topological polar surface area (TPSA) is 62.6 Å². The number of para-hydroxylation sites is 1. The van der Waals surface area contributed by atoms with Crippen molar-refractivity contribution in [3.63, 3.8) is 0 Å². The highest BCUT2D eigenvalue weighted by molar-refractivity contribution is 8.18. The van der Waals surface area contributed by atoms with Gasteiger partial charge in [0.25, 0.3) is 11.1 Å². The largest absolute Gasteiger partial charge is 0.338 e. The second-order valence-electron chi connectivity index (χ2n) is 8.64. The molecule has 0 aliphatic carbocycles. The summed E-state index contributed by atoms with van der Waals surface area (Å²) in [5, 5.41) is 0.793. The van der Waals surface area contributed by atoms with E-state index in [0.29, 0.717) is 11.4 Å². The first-order valence-corrected chi connectivity index (χ1v) is 12.4. The Morgan fingerprint density at radius 3 is 2.75 bits per heavy atom. The summed E-state index contributed by atoms with van der Waals surface area (Å²) in [5.74, 6) is -0.0950. The van der Waals surface area contributed by atoms with Crippen molar-refractivity contribution < 1.29 is 14.4 Å². The van der Waals surface area contributed by atoms with Gasteiger partial charge in [0, 0.05) is 36.3 Å². The van der Waals surface area contributed by atoms with E-state index < -0.39 is 0 Å². The monoisotopic (exact) mass is 453 g/mol. The zero-order valence-electron chi connectivity index (χ0n) is 19.1. The lowest BCUT2D eigenvalue weighted by molar-refractivity contribution is -0.135. The highest BCUT2D eigenvalue weighted by Gasteiger charge is 2.34. The third-order valence-electron chi connectivity index (χ3n) is 6.43. The molecule has 3 amide bonds. The average Bonchev–Trinajstić information content (AvgIpc) is 3.26. The third kappa shape index (κ3) is 4.22. The van der Waals surface area contributed by atoms with Crippen molar-refractivity contribution in [1.82, 2.24) is 14.4 Å². The number of fused-ring (bicyclic) bond motifs is 1. The molecule has 32 heavy (non-hydrogen) atoms. The number of carbonyl (C=O) groups is 3. The van der Waals surface area contributed by atoms with Crippen molar-refractivity contribution in [3.8, 4) is 0 Å². The number of nitrogens with zero attached hydrogens (tertiary/aromatic N) is 3. The van der Waals surface area contributed by atoms with E-state index in [-0.39, 0.29) is 29.6 Å². The van der Waals surface area contributed by atoms with Gasteiger partial charge in [-0.3, -0.25) is 19.3 Å². The summed E-state index contributed by atoms with van der Waals surface area (Å²) >= 11 is 0.995. The van der Waals surface area contributed by atoms with E-state index >= 15 is 0 Å². The fourth-order valence-electron chi connectivity index (χ4n) is 4.75. The molecule has 2 aliphatic rings. The van der Waals surface area contributed by atoms with Crippen LogP contribution in [0.4, 0.5) is 4.79 Å². The molecule has 0 spiro atoms. The summed E-state index contributed by atoms with van der Waals surface area (Å²) in [7, 11) is 0. The Hall–Kier alpha value is -2.54. The first kappa shape index (κ1) is 22.6. The molecule has 2 aromatic rings. The van der Waals surface area contributed by atoms with Crippen LogP contribution in [0.25, 0.3) is 17.0 Å². The summed E-state index contributed by atoms with van der Waals surface area (Å²) in [6.45, 7) is 7.72. The van der Waals surface area contributed by atoms with Gasteiger partial charge in [0.15, 0.2) is 0 Å². The van der Waals surface area contributed by atoms with Gasteiger partial charge >= 0.3 is 0 Å². The van der Waals surface area contributed by atoms with Crippen molar-refractivity contribution in [2.75, 3.05) is 13.1 Å². The van der Waals surface area contributed by atoms with Crippen LogP contribution < -0.4 is 0 Å². The normalized spacial score (nSPS) is 20.7. The van der Waals surface area contributed by atoms with Gasteiger partial charge in [-0.05, 0) is 62.4 Å². The van der Waals surface area contributed by atoms with Gasteiger partial charge in [0.05, 0.1) is 10.4 Å². The molecule has 3 heterocycles. The summed E-state index contributed by atoms with van der Waals surface area (Å²) in [4.78, 5) is 41.9. The van der Waals surface area contributed by atoms with Crippen LogP contribution in [0.2, 0.25) is 0 Å². The molecular weight excluding hydrogens is 422 g/mol. The molecule has 2 fully saturated rings. The first-order valence-electron chi connectivity index (χ1n) is 11.6. The van der Waals surface area contributed by atoms with Gasteiger partial charge in [-0.25, -0.2) is 0 Å². The lowest BCUT2D eigenvalue weighted by Crippen LogP contribution is -2.43. The average molecular weight is 454 g/mol. The molecule has 7 heteroatoms. The molecule has 2 saturated heterocycles. The molecule has 0 unspecified atom stereocenters. The van der Waals surface area contributed by atoms with Gasteiger partial charge in [-0.2, -0.15) is 0 Å². The number of rotatable bonds is 6. The van der Waals surface area contributed by atoms with Crippen LogP contribution in [0.5, 0.6) is 0 Å². The standard InChI is InChI=1S/C25H31N3O3S/c1-4-12-28-24(30)21(32-25(28)31)14-19-15-26(23-18(5-2)10-8-11-20(19)23)16-22(29)27-13-7-6-9-17(27)3/h8,10-11,14-15,17H,4-7,9,12-13,16H2,1-3H3/b21-14-/t17-/m1/s1. The fraction of sp³-hybridized carbons (Fsp3) is 0.480. The molecule has 1 aromatic carbocycles. The predicted molar refractivity (Wildman–Crippen MR) is 129 cm³/mol. The molecular formula is C25H31N3O3S. The number of carbonyl (C=O) groups excluding carboxylic acids is 3. The van der Waals surface area contributed by atoms with E-state index in [4.69, 9.17) is 0 Å². The molecule has 4 rings (SSSR count). The minimum absolute atomic E-state index is 0.134. The predicted octanol–water partition coefficient (Wildman–Crippen LogP) is 5.05. The zero-order chi connectivity index (χ0) is 22.8. The lowest BCUT2D eigenvalue weighted by atomic mass is 10.0. The number of benzene rings is 1. The maximum Gasteiger partial charge on any atom is 0.293 e. The summed E-state index contributed by atoms with van der Waals surface area (Å²) < 4.78 is 2.03. The van der Waals surface area contributed by atoms with Crippen LogP contribution >= 0.6 is 11.8 Å².